The second-order valence-corrected chi connectivity index (χ2v) is 8.50. The lowest BCUT2D eigenvalue weighted by atomic mass is 9.94. The van der Waals surface area contributed by atoms with E-state index in [9.17, 15) is 13.2 Å². The van der Waals surface area contributed by atoms with E-state index in [-0.39, 0.29) is 24.6 Å². The van der Waals surface area contributed by atoms with Crippen molar-refractivity contribution in [2.75, 3.05) is 18.0 Å². The minimum absolute atomic E-state index is 0.107. The standard InChI is InChI=1S/C26H26F4N4/c1-4-16(2)33-13-20(14-33)17(3)34(22-7-5-6-21(27)11-22)15-19-9-8-18(10-23(19)28)24-12-25(26(29)30)32-31-24/h5-11,20,26H,2-4,12-15H2,1H3. The molecule has 0 aromatic heterocycles. The van der Waals surface area contributed by atoms with E-state index in [4.69, 9.17) is 0 Å². The minimum Gasteiger partial charge on any atom is -0.374 e. The van der Waals surface area contributed by atoms with Gasteiger partial charge in [-0.05, 0) is 30.7 Å². The van der Waals surface area contributed by atoms with Crippen LogP contribution < -0.4 is 4.90 Å². The van der Waals surface area contributed by atoms with E-state index < -0.39 is 18.1 Å². The molecular weight excluding hydrogens is 444 g/mol. The third-order valence-corrected chi connectivity index (χ3v) is 6.29. The highest BCUT2D eigenvalue weighted by atomic mass is 19.3. The molecule has 178 valence electrons. The lowest BCUT2D eigenvalue weighted by Crippen LogP contribution is -2.49. The normalized spacial score (nSPS) is 15.8. The Morgan fingerprint density at radius 1 is 1.12 bits per heavy atom. The van der Waals surface area contributed by atoms with Gasteiger partial charge >= 0.3 is 0 Å². The van der Waals surface area contributed by atoms with Crippen molar-refractivity contribution in [2.24, 2.45) is 16.1 Å². The lowest BCUT2D eigenvalue weighted by Gasteiger charge is -2.45. The molecule has 0 N–H and O–H groups in total. The van der Waals surface area contributed by atoms with Gasteiger partial charge in [0.2, 0.25) is 0 Å². The molecule has 0 unspecified atom stereocenters. The molecule has 1 saturated heterocycles. The van der Waals surface area contributed by atoms with Gasteiger partial charge in [-0.15, -0.1) is 0 Å². The molecule has 2 aromatic rings. The third-order valence-electron chi connectivity index (χ3n) is 6.29. The zero-order valence-electron chi connectivity index (χ0n) is 18.9. The molecule has 4 rings (SSSR count). The zero-order chi connectivity index (χ0) is 24.4. The molecule has 0 bridgehead atoms. The Morgan fingerprint density at radius 3 is 2.50 bits per heavy atom. The number of allylic oxidation sites excluding steroid dienone is 1. The van der Waals surface area contributed by atoms with E-state index in [1.54, 1.807) is 24.3 Å². The first-order valence-corrected chi connectivity index (χ1v) is 11.1. The van der Waals surface area contributed by atoms with Crippen molar-refractivity contribution in [1.29, 1.82) is 0 Å². The number of halogens is 4. The fraction of sp³-hybridized carbons (Fsp3) is 0.308. The average Bonchev–Trinajstić information content (AvgIpc) is 3.27. The predicted octanol–water partition coefficient (Wildman–Crippen LogP) is 6.15. The maximum Gasteiger partial charge on any atom is 0.278 e. The van der Waals surface area contributed by atoms with E-state index in [2.05, 4.69) is 28.3 Å². The first-order chi connectivity index (χ1) is 16.3. The van der Waals surface area contributed by atoms with Gasteiger partial charge in [-0.1, -0.05) is 38.3 Å². The van der Waals surface area contributed by atoms with Crippen molar-refractivity contribution >= 4 is 17.1 Å². The molecule has 4 nitrogen and oxygen atoms in total. The molecule has 0 radical (unpaired) electrons. The molecular formula is C26H26F4N4. The molecule has 2 aromatic carbocycles. The summed E-state index contributed by atoms with van der Waals surface area (Å²) in [5, 5.41) is 7.27. The molecule has 0 amide bonds. The SMILES string of the molecule is C=C(CC)N1CC(C(=C)N(Cc2ccc(C3=NN=C(C(F)F)C3)cc2F)c2cccc(F)c2)C1. The number of benzene rings is 2. The summed E-state index contributed by atoms with van der Waals surface area (Å²) in [4.78, 5) is 4.00. The van der Waals surface area contributed by atoms with Gasteiger partial charge in [0.1, 0.15) is 17.3 Å². The van der Waals surface area contributed by atoms with Crippen LogP contribution >= 0.6 is 0 Å². The predicted molar refractivity (Wildman–Crippen MR) is 127 cm³/mol. The number of anilines is 1. The fourth-order valence-corrected chi connectivity index (χ4v) is 4.07. The van der Waals surface area contributed by atoms with E-state index in [0.29, 0.717) is 22.5 Å². The average molecular weight is 471 g/mol. The van der Waals surface area contributed by atoms with Gasteiger partial charge in [0.05, 0.1) is 12.3 Å². The Morgan fingerprint density at radius 2 is 1.88 bits per heavy atom. The highest BCUT2D eigenvalue weighted by Gasteiger charge is 2.32. The Labute approximate surface area is 196 Å². The summed E-state index contributed by atoms with van der Waals surface area (Å²) >= 11 is 0. The number of rotatable bonds is 9. The second kappa shape index (κ2) is 9.83. The highest BCUT2D eigenvalue weighted by Crippen LogP contribution is 2.33. The van der Waals surface area contributed by atoms with Gasteiger partial charge < -0.3 is 9.80 Å². The van der Waals surface area contributed by atoms with Crippen LogP contribution in [0.1, 0.15) is 30.9 Å². The third kappa shape index (κ3) is 4.90. The Kier molecular flexibility index (Phi) is 6.86. The Bertz CT molecular complexity index is 1170. The molecule has 0 atom stereocenters. The summed E-state index contributed by atoms with van der Waals surface area (Å²) in [5.41, 5.74) is 3.16. The largest absolute Gasteiger partial charge is 0.374 e. The van der Waals surface area contributed by atoms with Gasteiger partial charge in [0.25, 0.3) is 6.43 Å². The maximum atomic E-state index is 15.1. The summed E-state index contributed by atoms with van der Waals surface area (Å²) in [5.74, 6) is -0.768. The van der Waals surface area contributed by atoms with Gasteiger partial charge in [0, 0.05) is 53.6 Å². The number of hydrogen-bond donors (Lipinski definition) is 0. The number of alkyl halides is 2. The molecule has 0 spiro atoms. The number of nitrogens with zero attached hydrogens (tertiary/aromatic N) is 4. The van der Waals surface area contributed by atoms with Crippen LogP contribution in [-0.2, 0) is 6.54 Å². The maximum absolute atomic E-state index is 15.1. The Balaban J connectivity index is 1.54. The van der Waals surface area contributed by atoms with Gasteiger partial charge in [0.15, 0.2) is 0 Å². The van der Waals surface area contributed by atoms with Crippen molar-refractivity contribution < 1.29 is 17.6 Å². The fourth-order valence-electron chi connectivity index (χ4n) is 4.07. The highest BCUT2D eigenvalue weighted by molar-refractivity contribution is 6.15. The molecule has 2 aliphatic rings. The van der Waals surface area contributed by atoms with Crippen molar-refractivity contribution in [1.82, 2.24) is 4.90 Å². The van der Waals surface area contributed by atoms with Gasteiger partial charge in [-0.3, -0.25) is 0 Å². The first kappa shape index (κ1) is 23.7. The lowest BCUT2D eigenvalue weighted by molar-refractivity contribution is 0.164. The van der Waals surface area contributed by atoms with Crippen molar-refractivity contribution in [3.63, 3.8) is 0 Å². The van der Waals surface area contributed by atoms with Gasteiger partial charge in [-0.25, -0.2) is 17.6 Å². The summed E-state index contributed by atoms with van der Waals surface area (Å²) in [7, 11) is 0. The Hall–Kier alpha value is -3.42. The summed E-state index contributed by atoms with van der Waals surface area (Å²) in [6.45, 7) is 12.0. The summed E-state index contributed by atoms with van der Waals surface area (Å²) in [6, 6.07) is 10.6. The molecule has 1 fully saturated rings. The minimum atomic E-state index is -2.69. The molecule has 0 saturated carbocycles. The van der Waals surface area contributed by atoms with E-state index in [1.165, 1.54) is 18.2 Å². The van der Waals surface area contributed by atoms with Crippen LogP contribution in [-0.4, -0.2) is 35.8 Å². The number of likely N-dealkylation sites (tertiary alicyclic amines) is 1. The van der Waals surface area contributed by atoms with Crippen molar-refractivity contribution in [2.45, 2.75) is 32.7 Å². The molecule has 2 heterocycles. The van der Waals surface area contributed by atoms with Crippen LogP contribution in [0.2, 0.25) is 0 Å². The smallest absolute Gasteiger partial charge is 0.278 e. The summed E-state index contributed by atoms with van der Waals surface area (Å²) < 4.78 is 54.8. The van der Waals surface area contributed by atoms with Crippen LogP contribution in [0.3, 0.4) is 0 Å². The molecule has 8 heteroatoms. The molecule has 34 heavy (non-hydrogen) atoms. The summed E-state index contributed by atoms with van der Waals surface area (Å²) in [6.07, 6.45) is -1.93. The molecule has 2 aliphatic heterocycles. The van der Waals surface area contributed by atoms with E-state index in [0.717, 1.165) is 30.9 Å². The van der Waals surface area contributed by atoms with Crippen LogP contribution in [0.25, 0.3) is 0 Å². The van der Waals surface area contributed by atoms with Crippen LogP contribution in [0.4, 0.5) is 23.2 Å². The van der Waals surface area contributed by atoms with Gasteiger partial charge in [-0.2, -0.15) is 10.2 Å². The van der Waals surface area contributed by atoms with E-state index >= 15 is 4.39 Å². The first-order valence-electron chi connectivity index (χ1n) is 11.1. The van der Waals surface area contributed by atoms with Crippen molar-refractivity contribution in [3.8, 4) is 0 Å². The van der Waals surface area contributed by atoms with Crippen LogP contribution in [0, 0.1) is 17.6 Å². The monoisotopic (exact) mass is 470 g/mol. The zero-order valence-corrected chi connectivity index (χ0v) is 18.9. The quantitative estimate of drug-likeness (QED) is 0.412. The number of hydrogen-bond acceptors (Lipinski definition) is 4. The van der Waals surface area contributed by atoms with E-state index in [1.807, 2.05) is 11.8 Å². The molecule has 0 aliphatic carbocycles. The van der Waals surface area contributed by atoms with Crippen molar-refractivity contribution in [3.05, 3.63) is 89.8 Å². The second-order valence-electron chi connectivity index (χ2n) is 8.50. The van der Waals surface area contributed by atoms with Crippen LogP contribution in [0.5, 0.6) is 0 Å². The topological polar surface area (TPSA) is 31.2 Å². The van der Waals surface area contributed by atoms with Crippen LogP contribution in [0.15, 0.2) is 77.2 Å².